The molecule has 1 atom stereocenters. The van der Waals surface area contributed by atoms with E-state index in [9.17, 15) is 14.4 Å². The number of Topliss-reactive ketones (excluding diaryl/α,β-unsaturated/α-hetero) is 1. The summed E-state index contributed by atoms with van der Waals surface area (Å²) in [6, 6.07) is 2.45. The maximum absolute atomic E-state index is 12.3. The van der Waals surface area contributed by atoms with Gasteiger partial charge in [-0.3, -0.25) is 19.3 Å². The first kappa shape index (κ1) is 16.3. The maximum atomic E-state index is 12.3. The number of nitrogens with zero attached hydrogens (tertiary/aromatic N) is 1. The molecule has 128 valence electrons. The number of carbonyl (C=O) groups is 3. The number of aliphatic carboxylic acids is 1. The van der Waals surface area contributed by atoms with Gasteiger partial charge in [0.1, 0.15) is 6.04 Å². The largest absolute Gasteiger partial charge is 0.480 e. The van der Waals surface area contributed by atoms with Gasteiger partial charge in [0.15, 0.2) is 17.3 Å². The first-order chi connectivity index (χ1) is 11.5. The van der Waals surface area contributed by atoms with Crippen LogP contribution in [0.3, 0.4) is 0 Å². The zero-order valence-corrected chi connectivity index (χ0v) is 13.2. The number of ketones is 1. The number of hydrogen-bond donors (Lipinski definition) is 2. The number of carboxylic acid groups (broad SMARTS) is 1. The normalized spacial score (nSPS) is 19.3. The minimum absolute atomic E-state index is 0.0389. The highest BCUT2D eigenvalue weighted by Gasteiger charge is 2.32. The van der Waals surface area contributed by atoms with Crippen LogP contribution in [0.2, 0.25) is 0 Å². The van der Waals surface area contributed by atoms with Gasteiger partial charge in [0.05, 0.1) is 12.2 Å². The standard InChI is InChI=1S/C16H18N2O6/c1-9(19)10-5-13-14(24-8-23-13)6-11(10)17-15(20)7-18-4-2-3-12(18)16(21)22/h5-6,12H,2-4,7-8H2,1H3,(H,17,20)(H,21,22)/t12-/m0/s1. The fourth-order valence-corrected chi connectivity index (χ4v) is 3.01. The number of benzene rings is 1. The smallest absolute Gasteiger partial charge is 0.320 e. The third-order valence-corrected chi connectivity index (χ3v) is 4.16. The van der Waals surface area contributed by atoms with E-state index in [0.717, 1.165) is 6.42 Å². The van der Waals surface area contributed by atoms with Gasteiger partial charge in [-0.05, 0) is 32.4 Å². The van der Waals surface area contributed by atoms with Crippen molar-refractivity contribution >= 4 is 23.3 Å². The molecule has 1 aromatic rings. The van der Waals surface area contributed by atoms with Crippen LogP contribution in [-0.4, -0.2) is 53.6 Å². The summed E-state index contributed by atoms with van der Waals surface area (Å²) >= 11 is 0. The average molecular weight is 334 g/mol. The molecule has 2 heterocycles. The number of amides is 1. The number of carboxylic acids is 1. The van der Waals surface area contributed by atoms with Crippen LogP contribution in [0.25, 0.3) is 0 Å². The molecule has 1 amide bonds. The molecule has 8 nitrogen and oxygen atoms in total. The van der Waals surface area contributed by atoms with E-state index in [-0.39, 0.29) is 25.0 Å². The summed E-state index contributed by atoms with van der Waals surface area (Å²) in [5, 5.41) is 11.8. The van der Waals surface area contributed by atoms with Gasteiger partial charge in [-0.1, -0.05) is 0 Å². The van der Waals surface area contributed by atoms with E-state index in [0.29, 0.717) is 35.7 Å². The summed E-state index contributed by atoms with van der Waals surface area (Å²) in [5.74, 6) is -0.589. The summed E-state index contributed by atoms with van der Waals surface area (Å²) in [7, 11) is 0. The molecule has 0 aromatic heterocycles. The Hall–Kier alpha value is -2.61. The number of fused-ring (bicyclic) bond motifs is 1. The molecule has 1 fully saturated rings. The summed E-state index contributed by atoms with van der Waals surface area (Å²) < 4.78 is 10.5. The van der Waals surface area contributed by atoms with Crippen molar-refractivity contribution in [1.29, 1.82) is 0 Å². The Balaban J connectivity index is 1.74. The van der Waals surface area contributed by atoms with Crippen LogP contribution in [-0.2, 0) is 9.59 Å². The number of carbonyl (C=O) groups excluding carboxylic acids is 2. The van der Waals surface area contributed by atoms with Crippen molar-refractivity contribution in [3.05, 3.63) is 17.7 Å². The van der Waals surface area contributed by atoms with Crippen LogP contribution in [0.15, 0.2) is 12.1 Å². The van der Waals surface area contributed by atoms with Crippen LogP contribution in [0.4, 0.5) is 5.69 Å². The van der Waals surface area contributed by atoms with Gasteiger partial charge in [-0.15, -0.1) is 0 Å². The van der Waals surface area contributed by atoms with Crippen LogP contribution in [0.5, 0.6) is 11.5 Å². The van der Waals surface area contributed by atoms with E-state index in [2.05, 4.69) is 5.32 Å². The highest BCUT2D eigenvalue weighted by molar-refractivity contribution is 6.05. The van der Waals surface area contributed by atoms with Crippen molar-refractivity contribution in [3.8, 4) is 11.5 Å². The summed E-state index contributed by atoms with van der Waals surface area (Å²) in [6.45, 7) is 1.99. The highest BCUT2D eigenvalue weighted by atomic mass is 16.7. The SMILES string of the molecule is CC(=O)c1cc2c(cc1NC(=O)CN1CCC[C@H]1C(=O)O)OCO2. The van der Waals surface area contributed by atoms with E-state index in [4.69, 9.17) is 14.6 Å². The van der Waals surface area contributed by atoms with Crippen molar-refractivity contribution in [1.82, 2.24) is 4.90 Å². The van der Waals surface area contributed by atoms with E-state index in [1.807, 2.05) is 0 Å². The number of likely N-dealkylation sites (tertiary alicyclic amines) is 1. The fraction of sp³-hybridized carbons (Fsp3) is 0.438. The van der Waals surface area contributed by atoms with Crippen molar-refractivity contribution in [3.63, 3.8) is 0 Å². The molecule has 0 radical (unpaired) electrons. The summed E-state index contributed by atoms with van der Waals surface area (Å²) in [6.07, 6.45) is 1.28. The second-order valence-corrected chi connectivity index (χ2v) is 5.82. The maximum Gasteiger partial charge on any atom is 0.320 e. The first-order valence-corrected chi connectivity index (χ1v) is 7.67. The Kier molecular flexibility index (Phi) is 4.39. The van der Waals surface area contributed by atoms with Crippen molar-refractivity contribution < 1.29 is 29.0 Å². The Morgan fingerprint density at radius 3 is 2.67 bits per heavy atom. The fourth-order valence-electron chi connectivity index (χ4n) is 3.01. The molecule has 0 aliphatic carbocycles. The lowest BCUT2D eigenvalue weighted by Crippen LogP contribution is -2.41. The molecule has 3 rings (SSSR count). The van der Waals surface area contributed by atoms with Crippen LogP contribution < -0.4 is 14.8 Å². The van der Waals surface area contributed by atoms with Gasteiger partial charge in [0.25, 0.3) is 0 Å². The van der Waals surface area contributed by atoms with Crippen LogP contribution in [0.1, 0.15) is 30.1 Å². The van der Waals surface area contributed by atoms with Gasteiger partial charge in [-0.25, -0.2) is 0 Å². The van der Waals surface area contributed by atoms with E-state index in [1.54, 1.807) is 11.0 Å². The number of anilines is 1. The molecule has 24 heavy (non-hydrogen) atoms. The highest BCUT2D eigenvalue weighted by Crippen LogP contribution is 2.37. The molecule has 0 saturated carbocycles. The number of rotatable bonds is 5. The zero-order valence-electron chi connectivity index (χ0n) is 13.2. The van der Waals surface area contributed by atoms with Gasteiger partial charge in [-0.2, -0.15) is 0 Å². The summed E-state index contributed by atoms with van der Waals surface area (Å²) in [5.41, 5.74) is 0.659. The molecule has 2 aliphatic rings. The Morgan fingerprint density at radius 1 is 1.29 bits per heavy atom. The molecular weight excluding hydrogens is 316 g/mol. The molecule has 0 unspecified atom stereocenters. The average Bonchev–Trinajstić information content (AvgIpc) is 3.14. The lowest BCUT2D eigenvalue weighted by atomic mass is 10.1. The summed E-state index contributed by atoms with van der Waals surface area (Å²) in [4.78, 5) is 36.9. The zero-order chi connectivity index (χ0) is 17.3. The first-order valence-electron chi connectivity index (χ1n) is 7.67. The van der Waals surface area contributed by atoms with E-state index < -0.39 is 12.0 Å². The quantitative estimate of drug-likeness (QED) is 0.777. The van der Waals surface area contributed by atoms with Crippen LogP contribution in [0, 0.1) is 0 Å². The van der Waals surface area contributed by atoms with Crippen molar-refractivity contribution in [2.24, 2.45) is 0 Å². The molecule has 1 aromatic carbocycles. The predicted molar refractivity (Wildman–Crippen MR) is 83.4 cm³/mol. The minimum atomic E-state index is -0.923. The third-order valence-electron chi connectivity index (χ3n) is 4.16. The molecule has 0 spiro atoms. The Bertz CT molecular complexity index is 702. The molecule has 8 heteroatoms. The van der Waals surface area contributed by atoms with Gasteiger partial charge in [0.2, 0.25) is 12.7 Å². The number of nitrogens with one attached hydrogen (secondary N) is 1. The second kappa shape index (κ2) is 6.48. The third kappa shape index (κ3) is 3.18. The van der Waals surface area contributed by atoms with Gasteiger partial charge in [0, 0.05) is 11.6 Å². The monoisotopic (exact) mass is 334 g/mol. The Labute approximate surface area is 138 Å². The molecule has 1 saturated heterocycles. The van der Waals surface area contributed by atoms with Gasteiger partial charge < -0.3 is 19.9 Å². The molecule has 0 bridgehead atoms. The minimum Gasteiger partial charge on any atom is -0.480 e. The lowest BCUT2D eigenvalue weighted by Gasteiger charge is -2.20. The molecule has 2 aliphatic heterocycles. The van der Waals surface area contributed by atoms with E-state index >= 15 is 0 Å². The van der Waals surface area contributed by atoms with E-state index in [1.165, 1.54) is 13.0 Å². The van der Waals surface area contributed by atoms with Crippen molar-refractivity contribution in [2.75, 3.05) is 25.2 Å². The predicted octanol–water partition coefficient (Wildman–Crippen LogP) is 1.11. The lowest BCUT2D eigenvalue weighted by molar-refractivity contribution is -0.142. The second-order valence-electron chi connectivity index (χ2n) is 5.82. The van der Waals surface area contributed by atoms with Crippen LogP contribution >= 0.6 is 0 Å². The number of hydrogen-bond acceptors (Lipinski definition) is 6. The number of ether oxygens (including phenoxy) is 2. The van der Waals surface area contributed by atoms with Crippen molar-refractivity contribution in [2.45, 2.75) is 25.8 Å². The molecule has 2 N–H and O–H groups in total. The molecular formula is C16H18N2O6. The van der Waals surface area contributed by atoms with Gasteiger partial charge >= 0.3 is 5.97 Å². The topological polar surface area (TPSA) is 105 Å². The Morgan fingerprint density at radius 2 is 2.00 bits per heavy atom.